The molecule has 0 aromatic heterocycles. The molecule has 5 rings (SSSR count). The molecule has 1 aliphatic carbocycles. The Morgan fingerprint density at radius 2 is 1.96 bits per heavy atom. The van der Waals surface area contributed by atoms with Crippen LogP contribution in [0.3, 0.4) is 0 Å². The van der Waals surface area contributed by atoms with Gasteiger partial charge < -0.3 is 19.3 Å². The molecule has 7 heteroatoms. The van der Waals surface area contributed by atoms with E-state index in [4.69, 9.17) is 9.47 Å². The van der Waals surface area contributed by atoms with E-state index in [1.54, 1.807) is 13.2 Å². The zero-order valence-electron chi connectivity index (χ0n) is 16.3. The molecule has 0 bridgehead atoms. The molecule has 150 valence electrons. The van der Waals surface area contributed by atoms with Crippen molar-refractivity contribution >= 4 is 11.8 Å². The molecule has 1 aromatic rings. The second-order valence-electron chi connectivity index (χ2n) is 8.53. The first-order chi connectivity index (χ1) is 13.6. The van der Waals surface area contributed by atoms with Crippen LogP contribution in [0.1, 0.15) is 23.2 Å². The first-order valence-electron chi connectivity index (χ1n) is 10.2. The van der Waals surface area contributed by atoms with Crippen molar-refractivity contribution in [2.75, 3.05) is 53.0 Å². The number of hydrogen-bond donors (Lipinski definition) is 0. The highest BCUT2D eigenvalue weighted by Gasteiger charge is 2.57. The molecule has 7 nitrogen and oxygen atoms in total. The summed E-state index contributed by atoms with van der Waals surface area (Å²) in [4.78, 5) is 32.1. The lowest BCUT2D eigenvalue weighted by molar-refractivity contribution is -0.173. The Labute approximate surface area is 165 Å². The summed E-state index contributed by atoms with van der Waals surface area (Å²) in [7, 11) is 1.61. The van der Waals surface area contributed by atoms with E-state index in [2.05, 4.69) is 4.90 Å². The molecule has 0 radical (unpaired) electrons. The summed E-state index contributed by atoms with van der Waals surface area (Å²) in [5, 5.41) is 0. The van der Waals surface area contributed by atoms with E-state index in [0.29, 0.717) is 36.9 Å². The van der Waals surface area contributed by atoms with Gasteiger partial charge in [0, 0.05) is 44.2 Å². The fraction of sp³-hybridized carbons (Fsp3) is 0.619. The number of fused-ring (bicyclic) bond motifs is 2. The minimum Gasteiger partial charge on any atom is -0.497 e. The average Bonchev–Trinajstić information content (AvgIpc) is 3.55. The lowest BCUT2D eigenvalue weighted by Crippen LogP contribution is -2.81. The van der Waals surface area contributed by atoms with Crippen molar-refractivity contribution in [3.8, 4) is 5.75 Å². The Morgan fingerprint density at radius 1 is 1.18 bits per heavy atom. The first-order valence-corrected chi connectivity index (χ1v) is 10.2. The van der Waals surface area contributed by atoms with Crippen LogP contribution in [0, 0.1) is 5.92 Å². The van der Waals surface area contributed by atoms with Gasteiger partial charge in [-0.3, -0.25) is 14.5 Å². The third kappa shape index (κ3) is 2.97. The highest BCUT2D eigenvalue weighted by Crippen LogP contribution is 2.40. The van der Waals surface area contributed by atoms with Gasteiger partial charge in [0.1, 0.15) is 5.75 Å². The summed E-state index contributed by atoms with van der Waals surface area (Å²) in [5.41, 5.74) is 0.510. The molecule has 1 unspecified atom stereocenters. The van der Waals surface area contributed by atoms with E-state index >= 15 is 0 Å². The van der Waals surface area contributed by atoms with Crippen LogP contribution < -0.4 is 4.74 Å². The molecule has 2 amide bonds. The first kappa shape index (κ1) is 17.9. The predicted molar refractivity (Wildman–Crippen MR) is 102 cm³/mol. The highest BCUT2D eigenvalue weighted by molar-refractivity contribution is 5.95. The van der Waals surface area contributed by atoms with Gasteiger partial charge in [-0.15, -0.1) is 0 Å². The van der Waals surface area contributed by atoms with Crippen LogP contribution in [0.4, 0.5) is 0 Å². The van der Waals surface area contributed by atoms with Gasteiger partial charge >= 0.3 is 0 Å². The van der Waals surface area contributed by atoms with Gasteiger partial charge in [0.05, 0.1) is 31.9 Å². The number of hydrogen-bond acceptors (Lipinski definition) is 5. The zero-order chi connectivity index (χ0) is 19.3. The standard InChI is InChI=1S/C21H27N3O4/c1-27-18-4-2-3-16(9-18)20(26)22-10-17-11-28-8-7-24(17)21(12-22)13-23(14-21)19(25)15-5-6-15/h2-4,9,15,17H,5-8,10-14H2,1H3. The Hall–Kier alpha value is -2.12. The third-order valence-electron chi connectivity index (χ3n) is 6.57. The van der Waals surface area contributed by atoms with Crippen LogP contribution in [0.2, 0.25) is 0 Å². The maximum Gasteiger partial charge on any atom is 0.254 e. The Bertz CT molecular complexity index is 788. The van der Waals surface area contributed by atoms with Gasteiger partial charge in [-0.25, -0.2) is 0 Å². The number of morpholine rings is 1. The van der Waals surface area contributed by atoms with E-state index in [1.807, 2.05) is 28.0 Å². The Balaban J connectivity index is 1.36. The number of carbonyl (C=O) groups is 2. The SMILES string of the molecule is COc1cccc(C(=O)N2CC3COCCN3C3(C2)CN(C(=O)C2CC2)C3)c1. The highest BCUT2D eigenvalue weighted by atomic mass is 16.5. The van der Waals surface area contributed by atoms with Crippen molar-refractivity contribution in [3.63, 3.8) is 0 Å². The normalized spacial score (nSPS) is 26.5. The molecule has 3 aliphatic heterocycles. The molecule has 3 saturated heterocycles. The number of carbonyl (C=O) groups excluding carboxylic acids is 2. The van der Waals surface area contributed by atoms with E-state index < -0.39 is 0 Å². The lowest BCUT2D eigenvalue weighted by Gasteiger charge is -2.63. The van der Waals surface area contributed by atoms with E-state index in [0.717, 1.165) is 39.1 Å². The minimum atomic E-state index is -0.133. The second-order valence-corrected chi connectivity index (χ2v) is 8.53. The molecule has 1 aromatic carbocycles. The maximum atomic E-state index is 13.2. The van der Waals surface area contributed by atoms with Crippen molar-refractivity contribution < 1.29 is 19.1 Å². The van der Waals surface area contributed by atoms with Gasteiger partial charge in [-0.05, 0) is 31.0 Å². The van der Waals surface area contributed by atoms with E-state index in [9.17, 15) is 9.59 Å². The van der Waals surface area contributed by atoms with Crippen molar-refractivity contribution in [2.24, 2.45) is 5.92 Å². The molecule has 0 N–H and O–H groups in total. The fourth-order valence-electron chi connectivity index (χ4n) is 4.98. The quantitative estimate of drug-likeness (QED) is 0.772. The summed E-state index contributed by atoms with van der Waals surface area (Å²) in [6, 6.07) is 7.52. The second kappa shape index (κ2) is 6.74. The summed E-state index contributed by atoms with van der Waals surface area (Å²) in [5.74, 6) is 1.25. The van der Waals surface area contributed by atoms with Gasteiger partial charge in [-0.2, -0.15) is 0 Å². The van der Waals surface area contributed by atoms with Crippen LogP contribution in [0.5, 0.6) is 5.75 Å². The molecule has 28 heavy (non-hydrogen) atoms. The number of piperazine rings is 1. The van der Waals surface area contributed by atoms with Crippen LogP contribution >= 0.6 is 0 Å². The molecule has 1 spiro atoms. The third-order valence-corrected chi connectivity index (χ3v) is 6.57. The van der Waals surface area contributed by atoms with Crippen LogP contribution in [0.15, 0.2) is 24.3 Å². The number of amides is 2. The monoisotopic (exact) mass is 385 g/mol. The summed E-state index contributed by atoms with van der Waals surface area (Å²) >= 11 is 0. The maximum absolute atomic E-state index is 13.2. The molecule has 1 atom stereocenters. The smallest absolute Gasteiger partial charge is 0.254 e. The number of nitrogens with zero attached hydrogens (tertiary/aromatic N) is 3. The number of benzene rings is 1. The number of rotatable bonds is 3. The number of ether oxygens (including phenoxy) is 2. The van der Waals surface area contributed by atoms with Crippen molar-refractivity contribution in [2.45, 2.75) is 24.4 Å². The zero-order valence-corrected chi connectivity index (χ0v) is 16.3. The van der Waals surface area contributed by atoms with E-state index in [-0.39, 0.29) is 23.4 Å². The van der Waals surface area contributed by atoms with Gasteiger partial charge in [0.2, 0.25) is 5.91 Å². The molecule has 4 fully saturated rings. The summed E-state index contributed by atoms with van der Waals surface area (Å²) in [6.45, 7) is 5.00. The summed E-state index contributed by atoms with van der Waals surface area (Å²) in [6.07, 6.45) is 2.06. The fourth-order valence-corrected chi connectivity index (χ4v) is 4.98. The van der Waals surface area contributed by atoms with Gasteiger partial charge in [-0.1, -0.05) is 6.07 Å². The summed E-state index contributed by atoms with van der Waals surface area (Å²) < 4.78 is 11.0. The molecule has 4 aliphatic rings. The minimum absolute atomic E-state index is 0.0236. The van der Waals surface area contributed by atoms with Crippen molar-refractivity contribution in [1.82, 2.24) is 14.7 Å². The van der Waals surface area contributed by atoms with Gasteiger partial charge in [0.25, 0.3) is 5.91 Å². The van der Waals surface area contributed by atoms with Crippen molar-refractivity contribution in [1.29, 1.82) is 0 Å². The van der Waals surface area contributed by atoms with Crippen molar-refractivity contribution in [3.05, 3.63) is 29.8 Å². The van der Waals surface area contributed by atoms with Crippen LogP contribution in [-0.4, -0.2) is 91.1 Å². The predicted octanol–water partition coefficient (Wildman–Crippen LogP) is 0.843. The average molecular weight is 385 g/mol. The number of likely N-dealkylation sites (tertiary alicyclic amines) is 1. The van der Waals surface area contributed by atoms with E-state index in [1.165, 1.54) is 0 Å². The molecule has 3 heterocycles. The Morgan fingerprint density at radius 3 is 2.71 bits per heavy atom. The topological polar surface area (TPSA) is 62.3 Å². The van der Waals surface area contributed by atoms with Gasteiger partial charge in [0.15, 0.2) is 0 Å². The molecular formula is C21H27N3O4. The number of methoxy groups -OCH3 is 1. The van der Waals surface area contributed by atoms with Crippen LogP contribution in [-0.2, 0) is 9.53 Å². The Kier molecular flexibility index (Phi) is 4.32. The lowest BCUT2D eigenvalue weighted by atomic mass is 9.82. The van der Waals surface area contributed by atoms with Crippen LogP contribution in [0.25, 0.3) is 0 Å². The molecular weight excluding hydrogens is 358 g/mol. The molecule has 1 saturated carbocycles. The largest absolute Gasteiger partial charge is 0.497 e.